The van der Waals surface area contributed by atoms with Crippen LogP contribution in [0.3, 0.4) is 0 Å². The van der Waals surface area contributed by atoms with Crippen LogP contribution in [0.25, 0.3) is 0 Å². The van der Waals surface area contributed by atoms with Gasteiger partial charge in [-0.05, 0) is 55.1 Å². The Bertz CT molecular complexity index is 1030. The summed E-state index contributed by atoms with van der Waals surface area (Å²) in [6.45, 7) is 3.70. The second kappa shape index (κ2) is 10.7. The van der Waals surface area contributed by atoms with Crippen molar-refractivity contribution in [2.45, 2.75) is 38.2 Å². The van der Waals surface area contributed by atoms with Crippen molar-refractivity contribution in [1.82, 2.24) is 14.9 Å². The number of halogens is 2. The van der Waals surface area contributed by atoms with E-state index < -0.39 is 0 Å². The minimum absolute atomic E-state index is 0.0647. The zero-order valence-corrected chi connectivity index (χ0v) is 20.8. The van der Waals surface area contributed by atoms with Crippen molar-refractivity contribution >= 4 is 23.5 Å². The van der Waals surface area contributed by atoms with Gasteiger partial charge in [-0.2, -0.15) is 0 Å². The van der Waals surface area contributed by atoms with E-state index in [0.29, 0.717) is 41.9 Å². The van der Waals surface area contributed by atoms with Crippen LogP contribution in [-0.2, 0) is 16.0 Å². The summed E-state index contributed by atoms with van der Waals surface area (Å²) in [4.78, 5) is 24.9. The molecule has 1 aromatic carbocycles. The summed E-state index contributed by atoms with van der Waals surface area (Å²) in [5, 5.41) is 0.559. The average Bonchev–Trinajstić information content (AvgIpc) is 3.60. The third kappa shape index (κ3) is 5.86. The molecule has 1 aromatic heterocycles. The van der Waals surface area contributed by atoms with Crippen molar-refractivity contribution < 1.29 is 18.7 Å². The summed E-state index contributed by atoms with van der Waals surface area (Å²) in [6, 6.07) is 4.82. The maximum absolute atomic E-state index is 14.5. The first-order valence-electron chi connectivity index (χ1n) is 12.4. The number of rotatable bonds is 9. The van der Waals surface area contributed by atoms with E-state index in [1.165, 1.54) is 12.5 Å². The van der Waals surface area contributed by atoms with Crippen LogP contribution < -0.4 is 9.64 Å². The number of hydrogen-bond donors (Lipinski definition) is 0. The van der Waals surface area contributed by atoms with Gasteiger partial charge in [0.15, 0.2) is 0 Å². The topological polar surface area (TPSA) is 67.8 Å². The second-order valence-corrected chi connectivity index (χ2v) is 10.3. The molecule has 3 fully saturated rings. The fourth-order valence-electron chi connectivity index (χ4n) is 5.33. The van der Waals surface area contributed by atoms with E-state index >= 15 is 0 Å². The highest BCUT2D eigenvalue weighted by Crippen LogP contribution is 2.49. The van der Waals surface area contributed by atoms with Crippen molar-refractivity contribution in [3.63, 3.8) is 0 Å². The molecule has 0 bridgehead atoms. The van der Waals surface area contributed by atoms with Gasteiger partial charge < -0.3 is 19.3 Å². The van der Waals surface area contributed by atoms with Crippen LogP contribution in [0.15, 0.2) is 30.6 Å². The number of aromatic nitrogens is 2. The van der Waals surface area contributed by atoms with E-state index in [1.54, 1.807) is 36.5 Å². The molecule has 2 aliphatic heterocycles. The number of ether oxygens (including phenoxy) is 2. The summed E-state index contributed by atoms with van der Waals surface area (Å²) in [6.07, 6.45) is 8.01. The zero-order chi connectivity index (χ0) is 24.4. The van der Waals surface area contributed by atoms with Crippen LogP contribution in [0.4, 0.5) is 10.3 Å². The SMILES string of the molecule is COC1CN(C(=O)Cc2ccc(OCC[C@@H]3C[C@@H]3C3CCN(c4ncc(Cl)cn4)CC3)cc2F)C1. The number of nitrogens with zero attached hydrogens (tertiary/aromatic N) is 4. The average molecular weight is 503 g/mol. The smallest absolute Gasteiger partial charge is 0.227 e. The largest absolute Gasteiger partial charge is 0.493 e. The molecule has 0 spiro atoms. The van der Waals surface area contributed by atoms with Gasteiger partial charge in [0.05, 0.1) is 36.5 Å². The Kier molecular flexibility index (Phi) is 7.39. The molecule has 2 aromatic rings. The number of amides is 1. The fourth-order valence-corrected chi connectivity index (χ4v) is 5.43. The number of methoxy groups -OCH3 is 1. The highest BCUT2D eigenvalue weighted by molar-refractivity contribution is 6.30. The van der Waals surface area contributed by atoms with Gasteiger partial charge in [0.2, 0.25) is 11.9 Å². The van der Waals surface area contributed by atoms with Crippen molar-refractivity contribution in [3.05, 3.63) is 47.0 Å². The molecule has 0 unspecified atom stereocenters. The molecule has 5 rings (SSSR count). The first-order valence-corrected chi connectivity index (χ1v) is 12.8. The minimum Gasteiger partial charge on any atom is -0.493 e. The number of piperidine rings is 1. The van der Waals surface area contributed by atoms with Crippen LogP contribution in [0, 0.1) is 23.6 Å². The number of likely N-dealkylation sites (tertiary alicyclic amines) is 1. The molecule has 9 heteroatoms. The van der Waals surface area contributed by atoms with Crippen LogP contribution in [0.5, 0.6) is 5.75 Å². The molecule has 3 aliphatic rings. The molecule has 7 nitrogen and oxygen atoms in total. The molecular formula is C26H32ClFN4O3. The molecule has 1 aliphatic carbocycles. The van der Waals surface area contributed by atoms with Gasteiger partial charge in [0.25, 0.3) is 0 Å². The third-order valence-electron chi connectivity index (χ3n) is 7.67. The van der Waals surface area contributed by atoms with Crippen molar-refractivity contribution in [1.29, 1.82) is 0 Å². The molecule has 0 N–H and O–H groups in total. The number of benzene rings is 1. The molecule has 1 saturated carbocycles. The molecule has 0 radical (unpaired) electrons. The Morgan fingerprint density at radius 1 is 1.20 bits per heavy atom. The molecule has 2 saturated heterocycles. The van der Waals surface area contributed by atoms with Gasteiger partial charge in [-0.3, -0.25) is 4.79 Å². The maximum atomic E-state index is 14.5. The Labute approximate surface area is 210 Å². The molecular weight excluding hydrogens is 471 g/mol. The number of hydrogen-bond acceptors (Lipinski definition) is 6. The fraction of sp³-hybridized carbons (Fsp3) is 0.577. The number of carbonyl (C=O) groups excluding carboxylic acids is 1. The Balaban J connectivity index is 1.01. The van der Waals surface area contributed by atoms with E-state index in [4.69, 9.17) is 21.1 Å². The Morgan fingerprint density at radius 3 is 2.63 bits per heavy atom. The highest BCUT2D eigenvalue weighted by Gasteiger charge is 2.43. The van der Waals surface area contributed by atoms with E-state index in [-0.39, 0.29) is 24.2 Å². The predicted octanol–water partition coefficient (Wildman–Crippen LogP) is 3.99. The third-order valence-corrected chi connectivity index (χ3v) is 7.86. The van der Waals surface area contributed by atoms with Gasteiger partial charge >= 0.3 is 0 Å². The minimum atomic E-state index is -0.389. The summed E-state index contributed by atoms with van der Waals surface area (Å²) in [5.41, 5.74) is 0.404. The second-order valence-electron chi connectivity index (χ2n) is 9.91. The summed E-state index contributed by atoms with van der Waals surface area (Å²) < 4.78 is 25.5. The molecule has 3 heterocycles. The van der Waals surface area contributed by atoms with E-state index in [1.807, 2.05) is 0 Å². The summed E-state index contributed by atoms with van der Waals surface area (Å²) in [7, 11) is 1.64. The van der Waals surface area contributed by atoms with Gasteiger partial charge in [0.1, 0.15) is 11.6 Å². The van der Waals surface area contributed by atoms with Gasteiger partial charge in [-0.1, -0.05) is 17.7 Å². The zero-order valence-electron chi connectivity index (χ0n) is 20.0. The summed E-state index contributed by atoms with van der Waals surface area (Å²) in [5.74, 6) is 3.01. The lowest BCUT2D eigenvalue weighted by atomic mass is 9.90. The molecule has 188 valence electrons. The molecule has 35 heavy (non-hydrogen) atoms. The quantitative estimate of drug-likeness (QED) is 0.516. The Morgan fingerprint density at radius 2 is 1.94 bits per heavy atom. The van der Waals surface area contributed by atoms with Crippen molar-refractivity contribution in [2.75, 3.05) is 44.8 Å². The maximum Gasteiger partial charge on any atom is 0.227 e. The highest BCUT2D eigenvalue weighted by atomic mass is 35.5. The van der Waals surface area contributed by atoms with Gasteiger partial charge in [-0.25, -0.2) is 14.4 Å². The van der Waals surface area contributed by atoms with Gasteiger partial charge in [-0.15, -0.1) is 0 Å². The monoisotopic (exact) mass is 502 g/mol. The normalized spacial score (nSPS) is 22.7. The molecule has 2 atom stereocenters. The van der Waals surface area contributed by atoms with Crippen molar-refractivity contribution in [3.8, 4) is 5.75 Å². The standard InChI is InChI=1S/C26H32ClFN4O3/c1-34-22-15-32(16-22)25(33)11-19-2-3-21(12-24(19)28)35-9-6-18-10-23(18)17-4-7-31(8-5-17)26-29-13-20(27)14-30-26/h2-3,12-14,17-18,22-23H,4-11,15-16H2,1H3/t18-,23-/m1/s1. The van der Waals surface area contributed by atoms with Crippen LogP contribution >= 0.6 is 11.6 Å². The first-order chi connectivity index (χ1) is 17.0. The lowest BCUT2D eigenvalue weighted by molar-refractivity contribution is -0.142. The lowest BCUT2D eigenvalue weighted by Crippen LogP contribution is -2.54. The van der Waals surface area contributed by atoms with E-state index in [2.05, 4.69) is 14.9 Å². The van der Waals surface area contributed by atoms with Crippen LogP contribution in [0.1, 0.15) is 31.2 Å². The van der Waals surface area contributed by atoms with E-state index in [0.717, 1.165) is 50.1 Å². The predicted molar refractivity (Wildman–Crippen MR) is 131 cm³/mol. The first kappa shape index (κ1) is 24.3. The molecule has 1 amide bonds. The van der Waals surface area contributed by atoms with E-state index in [9.17, 15) is 9.18 Å². The number of anilines is 1. The van der Waals surface area contributed by atoms with Crippen LogP contribution in [-0.4, -0.2) is 66.8 Å². The van der Waals surface area contributed by atoms with Gasteiger partial charge in [0, 0.05) is 39.4 Å². The number of carbonyl (C=O) groups is 1. The van der Waals surface area contributed by atoms with Crippen LogP contribution in [0.2, 0.25) is 5.02 Å². The van der Waals surface area contributed by atoms with Crippen molar-refractivity contribution in [2.24, 2.45) is 17.8 Å². The Hall–Kier alpha value is -2.45. The summed E-state index contributed by atoms with van der Waals surface area (Å²) >= 11 is 5.89. The lowest BCUT2D eigenvalue weighted by Gasteiger charge is -2.38.